The van der Waals surface area contributed by atoms with Crippen LogP contribution in [0.2, 0.25) is 0 Å². The quantitative estimate of drug-likeness (QED) is 0.857. The summed E-state index contributed by atoms with van der Waals surface area (Å²) in [5.74, 6) is 1.31. The average molecular weight is 235 g/mol. The Morgan fingerprint density at radius 2 is 2.35 bits per heavy atom. The number of hydrogen-bond donors (Lipinski definition) is 1. The zero-order chi connectivity index (χ0) is 12.3. The van der Waals surface area contributed by atoms with Crippen LogP contribution in [0.1, 0.15) is 19.0 Å². The van der Waals surface area contributed by atoms with Gasteiger partial charge in [0.15, 0.2) is 0 Å². The van der Waals surface area contributed by atoms with Crippen molar-refractivity contribution in [3.8, 4) is 5.88 Å². The average Bonchev–Trinajstić information content (AvgIpc) is 2.34. The molecular weight excluding hydrogens is 214 g/mol. The zero-order valence-electron chi connectivity index (χ0n) is 10.6. The van der Waals surface area contributed by atoms with Crippen LogP contribution in [0, 0.1) is 5.92 Å². The Balaban J connectivity index is 1.96. The second-order valence-corrected chi connectivity index (χ2v) is 4.84. The largest absolute Gasteiger partial charge is 0.481 e. The molecule has 2 atom stereocenters. The van der Waals surface area contributed by atoms with Crippen molar-refractivity contribution in [1.29, 1.82) is 0 Å². The SMILES string of the molecule is COc1cccc(CN2CCC(C)C(N)C2)n1. The fraction of sp³-hybridized carbons (Fsp3) is 0.615. The van der Waals surface area contributed by atoms with E-state index in [0.717, 1.165) is 25.3 Å². The second kappa shape index (κ2) is 5.47. The van der Waals surface area contributed by atoms with Crippen LogP contribution in [0.4, 0.5) is 0 Å². The molecule has 0 spiro atoms. The van der Waals surface area contributed by atoms with Gasteiger partial charge in [-0.25, -0.2) is 4.98 Å². The molecule has 0 aromatic carbocycles. The summed E-state index contributed by atoms with van der Waals surface area (Å²) in [6, 6.07) is 6.17. The molecule has 4 nitrogen and oxygen atoms in total. The molecule has 1 aliphatic heterocycles. The number of pyridine rings is 1. The predicted molar refractivity (Wildman–Crippen MR) is 67.8 cm³/mol. The molecule has 2 heterocycles. The third-order valence-electron chi connectivity index (χ3n) is 3.48. The Labute approximate surface area is 103 Å². The number of rotatable bonds is 3. The van der Waals surface area contributed by atoms with E-state index < -0.39 is 0 Å². The van der Waals surface area contributed by atoms with Crippen molar-refractivity contribution in [2.45, 2.75) is 25.9 Å². The van der Waals surface area contributed by atoms with E-state index in [4.69, 9.17) is 10.5 Å². The highest BCUT2D eigenvalue weighted by molar-refractivity contribution is 5.15. The van der Waals surface area contributed by atoms with Gasteiger partial charge in [0.05, 0.1) is 12.8 Å². The third kappa shape index (κ3) is 3.17. The summed E-state index contributed by atoms with van der Waals surface area (Å²) < 4.78 is 5.13. The Morgan fingerprint density at radius 1 is 1.53 bits per heavy atom. The topological polar surface area (TPSA) is 51.4 Å². The molecule has 1 fully saturated rings. The third-order valence-corrected chi connectivity index (χ3v) is 3.48. The molecule has 1 aliphatic rings. The normalized spacial score (nSPS) is 25.8. The highest BCUT2D eigenvalue weighted by Gasteiger charge is 2.23. The lowest BCUT2D eigenvalue weighted by Crippen LogP contribution is -2.47. The fourth-order valence-corrected chi connectivity index (χ4v) is 2.20. The second-order valence-electron chi connectivity index (χ2n) is 4.84. The molecule has 2 unspecified atom stereocenters. The smallest absolute Gasteiger partial charge is 0.213 e. The summed E-state index contributed by atoms with van der Waals surface area (Å²) in [5.41, 5.74) is 7.14. The summed E-state index contributed by atoms with van der Waals surface area (Å²) in [6.45, 7) is 5.15. The van der Waals surface area contributed by atoms with E-state index in [9.17, 15) is 0 Å². The van der Waals surface area contributed by atoms with Crippen LogP contribution in [-0.2, 0) is 6.54 Å². The number of likely N-dealkylation sites (tertiary alicyclic amines) is 1. The summed E-state index contributed by atoms with van der Waals surface area (Å²) in [5, 5.41) is 0. The monoisotopic (exact) mass is 235 g/mol. The zero-order valence-corrected chi connectivity index (χ0v) is 10.6. The van der Waals surface area contributed by atoms with E-state index >= 15 is 0 Å². The van der Waals surface area contributed by atoms with Gasteiger partial charge in [-0.3, -0.25) is 4.90 Å². The molecule has 0 amide bonds. The van der Waals surface area contributed by atoms with Gasteiger partial charge in [-0.2, -0.15) is 0 Å². The molecule has 1 saturated heterocycles. The highest BCUT2D eigenvalue weighted by Crippen LogP contribution is 2.17. The molecule has 1 aromatic rings. The van der Waals surface area contributed by atoms with Crippen molar-refractivity contribution in [2.24, 2.45) is 11.7 Å². The van der Waals surface area contributed by atoms with Gasteiger partial charge in [0.25, 0.3) is 0 Å². The molecule has 2 N–H and O–H groups in total. The van der Waals surface area contributed by atoms with Crippen LogP contribution >= 0.6 is 0 Å². The van der Waals surface area contributed by atoms with Crippen molar-refractivity contribution >= 4 is 0 Å². The van der Waals surface area contributed by atoms with Crippen LogP contribution in [0.15, 0.2) is 18.2 Å². The van der Waals surface area contributed by atoms with Gasteiger partial charge < -0.3 is 10.5 Å². The molecule has 4 heteroatoms. The number of methoxy groups -OCH3 is 1. The molecule has 0 radical (unpaired) electrons. The molecule has 0 saturated carbocycles. The summed E-state index contributed by atoms with van der Waals surface area (Å²) in [6.07, 6.45) is 1.17. The molecule has 2 rings (SSSR count). The van der Waals surface area contributed by atoms with E-state index in [1.165, 1.54) is 6.42 Å². The standard InChI is InChI=1S/C13H21N3O/c1-10-6-7-16(9-12(10)14)8-11-4-3-5-13(15-11)17-2/h3-5,10,12H,6-9,14H2,1-2H3. The van der Waals surface area contributed by atoms with Crippen molar-refractivity contribution in [1.82, 2.24) is 9.88 Å². The Hall–Kier alpha value is -1.13. The van der Waals surface area contributed by atoms with Crippen molar-refractivity contribution in [3.63, 3.8) is 0 Å². The first-order valence-corrected chi connectivity index (χ1v) is 6.17. The van der Waals surface area contributed by atoms with Gasteiger partial charge in [-0.1, -0.05) is 13.0 Å². The summed E-state index contributed by atoms with van der Waals surface area (Å²) in [4.78, 5) is 6.79. The van der Waals surface area contributed by atoms with E-state index in [1.54, 1.807) is 7.11 Å². The first kappa shape index (κ1) is 12.3. The molecule has 1 aromatic heterocycles. The van der Waals surface area contributed by atoms with Gasteiger partial charge in [0.2, 0.25) is 5.88 Å². The minimum Gasteiger partial charge on any atom is -0.481 e. The van der Waals surface area contributed by atoms with Gasteiger partial charge >= 0.3 is 0 Å². The fourth-order valence-electron chi connectivity index (χ4n) is 2.20. The van der Waals surface area contributed by atoms with Crippen molar-refractivity contribution in [3.05, 3.63) is 23.9 Å². The Kier molecular flexibility index (Phi) is 3.97. The van der Waals surface area contributed by atoms with E-state index in [2.05, 4.69) is 16.8 Å². The van der Waals surface area contributed by atoms with Crippen LogP contribution in [0.3, 0.4) is 0 Å². The maximum Gasteiger partial charge on any atom is 0.213 e. The Bertz CT molecular complexity index is 369. The van der Waals surface area contributed by atoms with Crippen molar-refractivity contribution in [2.75, 3.05) is 20.2 Å². The lowest BCUT2D eigenvalue weighted by atomic mass is 9.94. The van der Waals surface area contributed by atoms with Gasteiger partial charge in [-0.05, 0) is 24.9 Å². The minimum atomic E-state index is 0.286. The number of ether oxygens (including phenoxy) is 1. The summed E-state index contributed by atoms with van der Waals surface area (Å²) >= 11 is 0. The maximum absolute atomic E-state index is 6.09. The number of nitrogens with zero attached hydrogens (tertiary/aromatic N) is 2. The molecule has 94 valence electrons. The predicted octanol–water partition coefficient (Wildman–Crippen LogP) is 1.26. The Morgan fingerprint density at radius 3 is 3.06 bits per heavy atom. The number of piperidine rings is 1. The van der Waals surface area contributed by atoms with Gasteiger partial charge in [0.1, 0.15) is 0 Å². The molecule has 17 heavy (non-hydrogen) atoms. The first-order valence-electron chi connectivity index (χ1n) is 6.17. The first-order chi connectivity index (χ1) is 8.19. The van der Waals surface area contributed by atoms with Crippen LogP contribution in [-0.4, -0.2) is 36.1 Å². The number of nitrogens with two attached hydrogens (primary N) is 1. The lowest BCUT2D eigenvalue weighted by Gasteiger charge is -2.34. The minimum absolute atomic E-state index is 0.286. The van der Waals surface area contributed by atoms with Crippen molar-refractivity contribution < 1.29 is 4.74 Å². The maximum atomic E-state index is 6.09. The molecule has 0 aliphatic carbocycles. The van der Waals surface area contributed by atoms with Crippen LogP contribution in [0.25, 0.3) is 0 Å². The van der Waals surface area contributed by atoms with Crippen LogP contribution in [0.5, 0.6) is 5.88 Å². The lowest BCUT2D eigenvalue weighted by molar-refractivity contribution is 0.160. The van der Waals surface area contributed by atoms with E-state index in [0.29, 0.717) is 11.8 Å². The number of aromatic nitrogens is 1. The van der Waals surface area contributed by atoms with E-state index in [1.807, 2.05) is 18.2 Å². The highest BCUT2D eigenvalue weighted by atomic mass is 16.5. The van der Waals surface area contributed by atoms with Gasteiger partial charge in [0, 0.05) is 25.2 Å². The van der Waals surface area contributed by atoms with E-state index in [-0.39, 0.29) is 6.04 Å². The molecular formula is C13H21N3O. The number of hydrogen-bond acceptors (Lipinski definition) is 4. The van der Waals surface area contributed by atoms with Gasteiger partial charge in [-0.15, -0.1) is 0 Å². The summed E-state index contributed by atoms with van der Waals surface area (Å²) in [7, 11) is 1.64. The molecule has 0 bridgehead atoms. The van der Waals surface area contributed by atoms with Crippen LogP contribution < -0.4 is 10.5 Å².